The van der Waals surface area contributed by atoms with Crippen LogP contribution in [0.3, 0.4) is 0 Å². The number of nitrogens with zero attached hydrogens (tertiary/aromatic N) is 3. The van der Waals surface area contributed by atoms with Crippen molar-refractivity contribution in [3.05, 3.63) is 52.6 Å². The molecule has 6 heteroatoms. The molecule has 1 aromatic carbocycles. The highest BCUT2D eigenvalue weighted by molar-refractivity contribution is 7.98. The van der Waals surface area contributed by atoms with Crippen molar-refractivity contribution in [2.24, 2.45) is 0 Å². The molecule has 5 nitrogen and oxygen atoms in total. The SMILES string of the molecule is CCCCn1c(SCc2cnc3ccccc3c2)n[nH]c1=O. The quantitative estimate of drug-likeness (QED) is 0.710. The summed E-state index contributed by atoms with van der Waals surface area (Å²) in [4.78, 5) is 16.2. The predicted octanol–water partition coefficient (Wildman–Crippen LogP) is 3.21. The Kier molecular flexibility index (Phi) is 4.58. The molecule has 0 aliphatic rings. The number of aromatic amines is 1. The molecule has 0 fully saturated rings. The summed E-state index contributed by atoms with van der Waals surface area (Å²) < 4.78 is 1.71. The molecule has 0 atom stereocenters. The average molecular weight is 314 g/mol. The third-order valence-corrected chi connectivity index (χ3v) is 4.52. The van der Waals surface area contributed by atoms with Gasteiger partial charge in [0.1, 0.15) is 0 Å². The van der Waals surface area contributed by atoms with Gasteiger partial charge in [-0.1, -0.05) is 43.3 Å². The largest absolute Gasteiger partial charge is 0.343 e. The number of hydrogen-bond donors (Lipinski definition) is 1. The Hall–Kier alpha value is -2.08. The molecular weight excluding hydrogens is 296 g/mol. The molecule has 0 unspecified atom stereocenters. The van der Waals surface area contributed by atoms with Crippen LogP contribution < -0.4 is 5.69 Å². The monoisotopic (exact) mass is 314 g/mol. The first-order valence-electron chi connectivity index (χ1n) is 7.39. The fourth-order valence-corrected chi connectivity index (χ4v) is 3.16. The van der Waals surface area contributed by atoms with Crippen molar-refractivity contribution in [2.45, 2.75) is 37.2 Å². The summed E-state index contributed by atoms with van der Waals surface area (Å²) in [5, 5.41) is 8.52. The second kappa shape index (κ2) is 6.79. The van der Waals surface area contributed by atoms with Gasteiger partial charge >= 0.3 is 5.69 Å². The van der Waals surface area contributed by atoms with Gasteiger partial charge in [0.15, 0.2) is 5.16 Å². The molecule has 0 bridgehead atoms. The molecule has 1 N–H and O–H groups in total. The second-order valence-electron chi connectivity index (χ2n) is 5.14. The molecule has 114 valence electrons. The van der Waals surface area contributed by atoms with Gasteiger partial charge in [-0.05, 0) is 24.1 Å². The molecule has 2 aromatic heterocycles. The summed E-state index contributed by atoms with van der Waals surface area (Å²) in [5.74, 6) is 0.744. The smallest absolute Gasteiger partial charge is 0.270 e. The van der Waals surface area contributed by atoms with Gasteiger partial charge in [-0.2, -0.15) is 0 Å². The summed E-state index contributed by atoms with van der Waals surface area (Å²) >= 11 is 1.56. The van der Waals surface area contributed by atoms with Crippen LogP contribution in [-0.4, -0.2) is 19.7 Å². The Morgan fingerprint density at radius 2 is 2.18 bits per heavy atom. The molecular formula is C16H18N4OS. The van der Waals surface area contributed by atoms with Crippen LogP contribution in [0.1, 0.15) is 25.3 Å². The van der Waals surface area contributed by atoms with E-state index >= 15 is 0 Å². The normalized spacial score (nSPS) is 11.1. The molecule has 0 radical (unpaired) electrons. The maximum atomic E-state index is 11.8. The Bertz CT molecular complexity index is 824. The highest BCUT2D eigenvalue weighted by Crippen LogP contribution is 2.21. The minimum Gasteiger partial charge on any atom is -0.270 e. The fourth-order valence-electron chi connectivity index (χ4n) is 2.27. The van der Waals surface area contributed by atoms with Crippen LogP contribution >= 0.6 is 11.8 Å². The molecule has 2 heterocycles. The highest BCUT2D eigenvalue weighted by Gasteiger charge is 2.09. The molecule has 0 aliphatic carbocycles. The van der Waals surface area contributed by atoms with E-state index in [1.807, 2.05) is 24.4 Å². The van der Waals surface area contributed by atoms with Crippen molar-refractivity contribution in [3.63, 3.8) is 0 Å². The van der Waals surface area contributed by atoms with Crippen LogP contribution in [-0.2, 0) is 12.3 Å². The Labute approximate surface area is 132 Å². The molecule has 0 spiro atoms. The third kappa shape index (κ3) is 3.22. The first-order valence-corrected chi connectivity index (χ1v) is 8.38. The molecule has 3 aromatic rings. The number of unbranched alkanes of at least 4 members (excludes halogenated alkanes) is 1. The number of pyridine rings is 1. The summed E-state index contributed by atoms with van der Waals surface area (Å²) in [6.07, 6.45) is 3.91. The van der Waals surface area contributed by atoms with Crippen molar-refractivity contribution in [1.29, 1.82) is 0 Å². The lowest BCUT2D eigenvalue weighted by Gasteiger charge is -2.05. The van der Waals surface area contributed by atoms with E-state index in [-0.39, 0.29) is 5.69 Å². The predicted molar refractivity (Wildman–Crippen MR) is 89.1 cm³/mol. The molecule has 0 saturated carbocycles. The zero-order chi connectivity index (χ0) is 15.4. The topological polar surface area (TPSA) is 63.6 Å². The third-order valence-electron chi connectivity index (χ3n) is 3.47. The number of hydrogen-bond acceptors (Lipinski definition) is 4. The van der Waals surface area contributed by atoms with Gasteiger partial charge in [0.2, 0.25) is 0 Å². The van der Waals surface area contributed by atoms with Crippen LogP contribution in [0.25, 0.3) is 10.9 Å². The van der Waals surface area contributed by atoms with Crippen LogP contribution in [0.4, 0.5) is 0 Å². The first kappa shape index (κ1) is 14.8. The lowest BCUT2D eigenvalue weighted by atomic mass is 10.2. The summed E-state index contributed by atoms with van der Waals surface area (Å²) in [7, 11) is 0. The first-order chi connectivity index (χ1) is 10.8. The maximum Gasteiger partial charge on any atom is 0.343 e. The lowest BCUT2D eigenvalue weighted by molar-refractivity contribution is 0.573. The van der Waals surface area contributed by atoms with E-state index in [9.17, 15) is 4.79 Å². The number of benzene rings is 1. The van der Waals surface area contributed by atoms with Gasteiger partial charge in [-0.15, -0.1) is 5.10 Å². The van der Waals surface area contributed by atoms with Crippen molar-refractivity contribution in [2.75, 3.05) is 0 Å². The lowest BCUT2D eigenvalue weighted by Crippen LogP contribution is -2.17. The van der Waals surface area contributed by atoms with Crippen LogP contribution in [0.15, 0.2) is 46.5 Å². The Balaban J connectivity index is 1.75. The number of nitrogens with one attached hydrogen (secondary N) is 1. The number of rotatable bonds is 6. The van der Waals surface area contributed by atoms with E-state index < -0.39 is 0 Å². The molecule has 0 saturated heterocycles. The minimum absolute atomic E-state index is 0.132. The van der Waals surface area contributed by atoms with Crippen LogP contribution in [0.5, 0.6) is 0 Å². The minimum atomic E-state index is -0.132. The number of para-hydroxylation sites is 1. The van der Waals surface area contributed by atoms with E-state index in [1.54, 1.807) is 16.3 Å². The second-order valence-corrected chi connectivity index (χ2v) is 6.08. The van der Waals surface area contributed by atoms with Crippen LogP contribution in [0, 0.1) is 0 Å². The van der Waals surface area contributed by atoms with Crippen LogP contribution in [0.2, 0.25) is 0 Å². The molecule has 22 heavy (non-hydrogen) atoms. The standard InChI is InChI=1S/C16H18N4OS/c1-2-3-8-20-15(21)18-19-16(20)22-11-12-9-13-6-4-5-7-14(13)17-10-12/h4-7,9-10H,2-3,8,11H2,1H3,(H,18,21). The van der Waals surface area contributed by atoms with E-state index in [0.717, 1.165) is 40.2 Å². The zero-order valence-corrected chi connectivity index (χ0v) is 13.3. The number of aromatic nitrogens is 4. The van der Waals surface area contributed by atoms with E-state index in [2.05, 4.69) is 34.2 Å². The average Bonchev–Trinajstić information content (AvgIpc) is 2.91. The number of fused-ring (bicyclic) bond motifs is 1. The Morgan fingerprint density at radius 1 is 1.32 bits per heavy atom. The van der Waals surface area contributed by atoms with E-state index in [1.165, 1.54) is 0 Å². The van der Waals surface area contributed by atoms with Crippen molar-refractivity contribution >= 4 is 22.7 Å². The van der Waals surface area contributed by atoms with E-state index in [0.29, 0.717) is 6.54 Å². The highest BCUT2D eigenvalue weighted by atomic mass is 32.2. The Morgan fingerprint density at radius 3 is 3.05 bits per heavy atom. The zero-order valence-electron chi connectivity index (χ0n) is 12.5. The number of H-pyrrole nitrogens is 1. The molecule has 0 amide bonds. The van der Waals surface area contributed by atoms with Gasteiger partial charge in [-0.25, -0.2) is 9.89 Å². The summed E-state index contributed by atoms with van der Waals surface area (Å²) in [6, 6.07) is 10.2. The summed E-state index contributed by atoms with van der Waals surface area (Å²) in [5.41, 5.74) is 1.99. The fraction of sp³-hybridized carbons (Fsp3) is 0.312. The van der Waals surface area contributed by atoms with Gasteiger partial charge < -0.3 is 0 Å². The maximum absolute atomic E-state index is 11.8. The molecule has 3 rings (SSSR count). The van der Waals surface area contributed by atoms with Gasteiger partial charge in [0, 0.05) is 23.9 Å². The van der Waals surface area contributed by atoms with Crippen molar-refractivity contribution in [3.8, 4) is 0 Å². The van der Waals surface area contributed by atoms with Gasteiger partial charge in [0.25, 0.3) is 0 Å². The van der Waals surface area contributed by atoms with Crippen molar-refractivity contribution < 1.29 is 0 Å². The molecule has 0 aliphatic heterocycles. The number of thioether (sulfide) groups is 1. The van der Waals surface area contributed by atoms with Gasteiger partial charge in [-0.3, -0.25) is 9.55 Å². The van der Waals surface area contributed by atoms with E-state index in [4.69, 9.17) is 0 Å². The van der Waals surface area contributed by atoms with Crippen molar-refractivity contribution in [1.82, 2.24) is 19.7 Å². The summed E-state index contributed by atoms with van der Waals surface area (Å²) in [6.45, 7) is 2.82. The van der Waals surface area contributed by atoms with Gasteiger partial charge in [0.05, 0.1) is 5.52 Å².